The molecule has 0 aromatic carbocycles. The number of aromatic nitrogens is 3. The number of carbonyl (C=O) groups is 2. The number of amides is 2. The van der Waals surface area contributed by atoms with Crippen molar-refractivity contribution in [3.63, 3.8) is 0 Å². The highest BCUT2D eigenvalue weighted by molar-refractivity contribution is 5.73. The van der Waals surface area contributed by atoms with Crippen LogP contribution in [0, 0.1) is 5.92 Å². The molecule has 0 aliphatic rings. The van der Waals surface area contributed by atoms with E-state index < -0.39 is 5.97 Å². The summed E-state index contributed by atoms with van der Waals surface area (Å²) in [6, 6.07) is -0.294. The van der Waals surface area contributed by atoms with Crippen LogP contribution in [-0.2, 0) is 17.9 Å². The molecule has 1 aromatic heterocycles. The SMILES string of the molecule is CCn1cnnc1CNC(=O)NCC(C)CCC(=O)O. The summed E-state index contributed by atoms with van der Waals surface area (Å²) in [6.07, 6.45) is 2.27. The van der Waals surface area contributed by atoms with E-state index in [0.717, 1.165) is 6.54 Å². The molecule has 0 radical (unpaired) electrons. The van der Waals surface area contributed by atoms with Crippen LogP contribution in [-0.4, -0.2) is 38.4 Å². The van der Waals surface area contributed by atoms with Gasteiger partial charge in [0, 0.05) is 19.5 Å². The van der Waals surface area contributed by atoms with Crippen LogP contribution in [0.5, 0.6) is 0 Å². The molecule has 0 fully saturated rings. The van der Waals surface area contributed by atoms with Gasteiger partial charge in [-0.15, -0.1) is 10.2 Å². The van der Waals surface area contributed by atoms with Gasteiger partial charge in [0.25, 0.3) is 0 Å². The molecular weight excluding hydrogens is 262 g/mol. The summed E-state index contributed by atoms with van der Waals surface area (Å²) in [5, 5.41) is 21.6. The second-order valence-corrected chi connectivity index (χ2v) is 4.63. The molecule has 8 nitrogen and oxygen atoms in total. The first-order chi connectivity index (χ1) is 9.52. The van der Waals surface area contributed by atoms with Gasteiger partial charge in [0.15, 0.2) is 5.82 Å². The Morgan fingerprint density at radius 3 is 2.85 bits per heavy atom. The minimum atomic E-state index is -0.819. The number of carbonyl (C=O) groups excluding carboxylic acids is 1. The predicted octanol–water partition coefficient (Wildman–Crippen LogP) is 0.598. The number of rotatable bonds is 8. The summed E-state index contributed by atoms with van der Waals surface area (Å²) in [5.74, 6) is -0.00192. The number of aliphatic carboxylic acids is 1. The van der Waals surface area contributed by atoms with E-state index in [9.17, 15) is 9.59 Å². The number of urea groups is 1. The molecular formula is C12H21N5O3. The van der Waals surface area contributed by atoms with E-state index in [1.54, 1.807) is 6.33 Å². The van der Waals surface area contributed by atoms with Crippen molar-refractivity contribution >= 4 is 12.0 Å². The Morgan fingerprint density at radius 1 is 1.45 bits per heavy atom. The molecule has 8 heteroatoms. The average molecular weight is 283 g/mol. The molecule has 0 saturated carbocycles. The van der Waals surface area contributed by atoms with Crippen molar-refractivity contribution in [3.8, 4) is 0 Å². The van der Waals surface area contributed by atoms with Gasteiger partial charge in [-0.05, 0) is 19.3 Å². The number of hydrogen-bond acceptors (Lipinski definition) is 4. The summed E-state index contributed by atoms with van der Waals surface area (Å²) in [7, 11) is 0. The first-order valence-corrected chi connectivity index (χ1v) is 6.63. The highest BCUT2D eigenvalue weighted by Crippen LogP contribution is 2.03. The first kappa shape index (κ1) is 15.9. The van der Waals surface area contributed by atoms with Crippen molar-refractivity contribution in [1.29, 1.82) is 0 Å². The zero-order valence-corrected chi connectivity index (χ0v) is 11.8. The molecule has 0 aliphatic carbocycles. The van der Waals surface area contributed by atoms with Gasteiger partial charge < -0.3 is 20.3 Å². The normalized spacial score (nSPS) is 11.9. The summed E-state index contributed by atoms with van der Waals surface area (Å²) in [4.78, 5) is 22.0. The fraction of sp³-hybridized carbons (Fsp3) is 0.667. The molecule has 1 unspecified atom stereocenters. The average Bonchev–Trinajstić information content (AvgIpc) is 2.87. The number of carboxylic acids is 1. The standard InChI is InChI=1S/C12H21N5O3/c1-3-17-8-15-16-10(17)7-14-12(20)13-6-9(2)4-5-11(18)19/h8-9H,3-7H2,1-2H3,(H,18,19)(H2,13,14,20). The van der Waals surface area contributed by atoms with Crippen molar-refractivity contribution in [2.45, 2.75) is 39.8 Å². The molecule has 1 rings (SSSR count). The van der Waals surface area contributed by atoms with Crippen LogP contribution < -0.4 is 10.6 Å². The topological polar surface area (TPSA) is 109 Å². The van der Waals surface area contributed by atoms with Gasteiger partial charge in [-0.25, -0.2) is 4.79 Å². The Hall–Kier alpha value is -2.12. The van der Waals surface area contributed by atoms with Gasteiger partial charge in [-0.1, -0.05) is 6.92 Å². The predicted molar refractivity (Wildman–Crippen MR) is 72.0 cm³/mol. The minimum absolute atomic E-state index is 0.115. The van der Waals surface area contributed by atoms with Gasteiger partial charge in [0.1, 0.15) is 6.33 Å². The molecule has 1 atom stereocenters. The van der Waals surface area contributed by atoms with Gasteiger partial charge in [0.05, 0.1) is 6.54 Å². The molecule has 0 aliphatic heterocycles. The zero-order chi connectivity index (χ0) is 15.0. The Labute approximate surface area is 117 Å². The van der Waals surface area contributed by atoms with Crippen molar-refractivity contribution in [2.24, 2.45) is 5.92 Å². The van der Waals surface area contributed by atoms with Crippen LogP contribution in [0.4, 0.5) is 4.79 Å². The molecule has 20 heavy (non-hydrogen) atoms. The van der Waals surface area contributed by atoms with Crippen molar-refractivity contribution in [2.75, 3.05) is 6.54 Å². The van der Waals surface area contributed by atoms with Crippen LogP contribution in [0.2, 0.25) is 0 Å². The third kappa shape index (κ3) is 5.68. The van der Waals surface area contributed by atoms with E-state index in [1.165, 1.54) is 0 Å². The van der Waals surface area contributed by atoms with E-state index in [2.05, 4.69) is 20.8 Å². The molecule has 3 N–H and O–H groups in total. The summed E-state index contributed by atoms with van der Waals surface area (Å²) < 4.78 is 1.84. The highest BCUT2D eigenvalue weighted by atomic mass is 16.4. The second kappa shape index (κ2) is 8.13. The first-order valence-electron chi connectivity index (χ1n) is 6.63. The zero-order valence-electron chi connectivity index (χ0n) is 11.8. The molecule has 0 spiro atoms. The Bertz CT molecular complexity index is 446. The molecule has 112 valence electrons. The van der Waals surface area contributed by atoms with Crippen LogP contribution in [0.15, 0.2) is 6.33 Å². The Kier molecular flexibility index (Phi) is 6.48. The van der Waals surface area contributed by atoms with E-state index in [0.29, 0.717) is 25.3 Å². The summed E-state index contributed by atoms with van der Waals surface area (Å²) in [5.41, 5.74) is 0. The summed E-state index contributed by atoms with van der Waals surface area (Å²) in [6.45, 7) is 5.37. The van der Waals surface area contributed by atoms with Crippen LogP contribution in [0.25, 0.3) is 0 Å². The van der Waals surface area contributed by atoms with E-state index in [1.807, 2.05) is 18.4 Å². The van der Waals surface area contributed by atoms with Gasteiger partial charge in [0.2, 0.25) is 0 Å². The molecule has 1 heterocycles. The largest absolute Gasteiger partial charge is 0.481 e. The van der Waals surface area contributed by atoms with Crippen molar-refractivity contribution in [1.82, 2.24) is 25.4 Å². The van der Waals surface area contributed by atoms with Crippen molar-refractivity contribution in [3.05, 3.63) is 12.2 Å². The van der Waals surface area contributed by atoms with Gasteiger partial charge in [-0.3, -0.25) is 4.79 Å². The fourth-order valence-electron chi connectivity index (χ4n) is 1.64. The third-order valence-corrected chi connectivity index (χ3v) is 2.91. The van der Waals surface area contributed by atoms with Gasteiger partial charge >= 0.3 is 12.0 Å². The second-order valence-electron chi connectivity index (χ2n) is 4.63. The quantitative estimate of drug-likeness (QED) is 0.647. The molecule has 0 saturated heterocycles. The van der Waals surface area contributed by atoms with E-state index in [4.69, 9.17) is 5.11 Å². The fourth-order valence-corrected chi connectivity index (χ4v) is 1.64. The highest BCUT2D eigenvalue weighted by Gasteiger charge is 2.09. The molecule has 0 bridgehead atoms. The maximum absolute atomic E-state index is 11.6. The minimum Gasteiger partial charge on any atom is -0.481 e. The van der Waals surface area contributed by atoms with E-state index >= 15 is 0 Å². The lowest BCUT2D eigenvalue weighted by molar-refractivity contribution is -0.137. The molecule has 2 amide bonds. The lowest BCUT2D eigenvalue weighted by atomic mass is 10.1. The number of aryl methyl sites for hydroxylation is 1. The van der Waals surface area contributed by atoms with Crippen LogP contribution >= 0.6 is 0 Å². The monoisotopic (exact) mass is 283 g/mol. The number of nitrogens with zero attached hydrogens (tertiary/aromatic N) is 3. The lowest BCUT2D eigenvalue weighted by Gasteiger charge is -2.12. The molecule has 1 aromatic rings. The van der Waals surface area contributed by atoms with Gasteiger partial charge in [-0.2, -0.15) is 0 Å². The van der Waals surface area contributed by atoms with Crippen molar-refractivity contribution < 1.29 is 14.7 Å². The smallest absolute Gasteiger partial charge is 0.315 e. The number of nitrogens with one attached hydrogen (secondary N) is 2. The Morgan fingerprint density at radius 2 is 2.20 bits per heavy atom. The maximum atomic E-state index is 11.6. The van der Waals surface area contributed by atoms with Crippen LogP contribution in [0.3, 0.4) is 0 Å². The number of hydrogen-bond donors (Lipinski definition) is 3. The lowest BCUT2D eigenvalue weighted by Crippen LogP contribution is -2.38. The van der Waals surface area contributed by atoms with E-state index in [-0.39, 0.29) is 18.4 Å². The summed E-state index contributed by atoms with van der Waals surface area (Å²) >= 11 is 0. The maximum Gasteiger partial charge on any atom is 0.315 e. The Balaban J connectivity index is 2.22. The third-order valence-electron chi connectivity index (χ3n) is 2.91. The van der Waals surface area contributed by atoms with Crippen LogP contribution in [0.1, 0.15) is 32.5 Å². The number of carboxylic acid groups (broad SMARTS) is 1.